The van der Waals surface area contributed by atoms with Gasteiger partial charge in [-0.15, -0.1) is 0 Å². The van der Waals surface area contributed by atoms with E-state index >= 15 is 0 Å². The Bertz CT molecular complexity index is 958. The highest BCUT2D eigenvalue weighted by molar-refractivity contribution is 7.89. The molecule has 0 spiro atoms. The maximum absolute atomic E-state index is 12.4. The second-order valence-electron chi connectivity index (χ2n) is 6.86. The van der Waals surface area contributed by atoms with Gasteiger partial charge in [-0.05, 0) is 50.7 Å². The Labute approximate surface area is 166 Å². The standard InChI is InChI=1S/C20H27N3O4S/c1-14-6-9-18(27-5)16(10-14)12-23(4)13-20(24)22-17-8-7-15(2)19(11-17)28(25,26)21-3/h6-11,21H,12-13H2,1-5H3,(H,22,24)/p+1. The van der Waals surface area contributed by atoms with Gasteiger partial charge in [0.1, 0.15) is 12.3 Å². The van der Waals surface area contributed by atoms with Gasteiger partial charge in [-0.2, -0.15) is 0 Å². The van der Waals surface area contributed by atoms with Gasteiger partial charge < -0.3 is 15.0 Å². The van der Waals surface area contributed by atoms with Crippen molar-refractivity contribution in [1.82, 2.24) is 4.72 Å². The number of carbonyl (C=O) groups is 1. The van der Waals surface area contributed by atoms with Crippen molar-refractivity contribution in [1.29, 1.82) is 0 Å². The number of benzene rings is 2. The van der Waals surface area contributed by atoms with Crippen molar-refractivity contribution >= 4 is 21.6 Å². The first-order valence-electron chi connectivity index (χ1n) is 8.95. The fourth-order valence-corrected chi connectivity index (χ4v) is 3.98. The highest BCUT2D eigenvalue weighted by Crippen LogP contribution is 2.20. The van der Waals surface area contributed by atoms with Crippen molar-refractivity contribution in [3.8, 4) is 5.75 Å². The number of methoxy groups -OCH3 is 1. The number of hydrogen-bond acceptors (Lipinski definition) is 4. The molecule has 1 unspecified atom stereocenters. The summed E-state index contributed by atoms with van der Waals surface area (Å²) in [6, 6.07) is 10.8. The molecule has 7 nitrogen and oxygen atoms in total. The lowest BCUT2D eigenvalue weighted by Gasteiger charge is -2.16. The predicted molar refractivity (Wildman–Crippen MR) is 109 cm³/mol. The van der Waals surface area contributed by atoms with Gasteiger partial charge in [-0.25, -0.2) is 13.1 Å². The number of anilines is 1. The Hall–Kier alpha value is -2.42. The average molecular weight is 407 g/mol. The Morgan fingerprint density at radius 3 is 2.50 bits per heavy atom. The van der Waals surface area contributed by atoms with Crippen molar-refractivity contribution in [2.45, 2.75) is 25.3 Å². The minimum absolute atomic E-state index is 0.151. The molecule has 8 heteroatoms. The first kappa shape index (κ1) is 21.9. The van der Waals surface area contributed by atoms with Crippen LogP contribution in [-0.4, -0.2) is 42.1 Å². The lowest BCUT2D eigenvalue weighted by atomic mass is 10.1. The van der Waals surface area contributed by atoms with Gasteiger partial charge in [0.05, 0.1) is 19.1 Å². The van der Waals surface area contributed by atoms with Crippen LogP contribution in [0.4, 0.5) is 5.69 Å². The van der Waals surface area contributed by atoms with Gasteiger partial charge in [0, 0.05) is 11.3 Å². The van der Waals surface area contributed by atoms with E-state index in [1.165, 1.54) is 13.1 Å². The summed E-state index contributed by atoms with van der Waals surface area (Å²) in [7, 11) is 1.33. The zero-order valence-electron chi connectivity index (χ0n) is 16.9. The third-order valence-electron chi connectivity index (χ3n) is 4.42. The zero-order chi connectivity index (χ0) is 20.9. The summed E-state index contributed by atoms with van der Waals surface area (Å²) in [6.07, 6.45) is 0. The van der Waals surface area contributed by atoms with Gasteiger partial charge in [0.2, 0.25) is 10.0 Å². The van der Waals surface area contributed by atoms with Crippen molar-refractivity contribution in [3.05, 3.63) is 53.1 Å². The Morgan fingerprint density at radius 1 is 1.14 bits per heavy atom. The summed E-state index contributed by atoms with van der Waals surface area (Å²) in [4.78, 5) is 13.6. The van der Waals surface area contributed by atoms with Gasteiger partial charge >= 0.3 is 0 Å². The highest BCUT2D eigenvalue weighted by atomic mass is 32.2. The first-order chi connectivity index (χ1) is 13.2. The third-order valence-corrected chi connectivity index (χ3v) is 5.98. The number of quaternary nitrogens is 1. The van der Waals surface area contributed by atoms with E-state index in [1.54, 1.807) is 26.2 Å². The first-order valence-corrected chi connectivity index (χ1v) is 10.4. The molecule has 0 aromatic heterocycles. The number of nitrogens with one attached hydrogen (secondary N) is 3. The summed E-state index contributed by atoms with van der Waals surface area (Å²) in [5.74, 6) is 0.603. The molecule has 0 heterocycles. The number of sulfonamides is 1. The van der Waals surface area contributed by atoms with E-state index < -0.39 is 10.0 Å². The molecule has 2 aromatic rings. The number of carbonyl (C=O) groups excluding carboxylic acids is 1. The quantitative estimate of drug-likeness (QED) is 0.607. The van der Waals surface area contributed by atoms with Crippen LogP contribution in [0.2, 0.25) is 0 Å². The smallest absolute Gasteiger partial charge is 0.279 e. The third kappa shape index (κ3) is 5.54. The average Bonchev–Trinajstić information content (AvgIpc) is 2.63. The second-order valence-corrected chi connectivity index (χ2v) is 8.72. The Kier molecular flexibility index (Phi) is 7.17. The minimum Gasteiger partial charge on any atom is -0.496 e. The summed E-state index contributed by atoms with van der Waals surface area (Å²) in [5.41, 5.74) is 3.23. The van der Waals surface area contributed by atoms with Gasteiger partial charge in [-0.3, -0.25) is 4.79 Å². The molecule has 0 aliphatic carbocycles. The molecule has 0 radical (unpaired) electrons. The molecule has 0 saturated heterocycles. The number of amides is 1. The molecule has 28 heavy (non-hydrogen) atoms. The lowest BCUT2D eigenvalue weighted by molar-refractivity contribution is -0.885. The molecular formula is C20H28N3O4S+. The molecule has 0 aliphatic heterocycles. The number of ether oxygens (including phenoxy) is 1. The second kappa shape index (κ2) is 9.18. The van der Waals surface area contributed by atoms with Crippen molar-refractivity contribution < 1.29 is 22.8 Å². The van der Waals surface area contributed by atoms with E-state index in [9.17, 15) is 13.2 Å². The van der Waals surface area contributed by atoms with Gasteiger partial charge in [-0.1, -0.05) is 17.7 Å². The van der Waals surface area contributed by atoms with Crippen molar-refractivity contribution in [3.63, 3.8) is 0 Å². The molecule has 152 valence electrons. The molecule has 0 fully saturated rings. The van der Waals surface area contributed by atoms with Crippen LogP contribution in [0.1, 0.15) is 16.7 Å². The van der Waals surface area contributed by atoms with E-state index in [4.69, 9.17) is 4.74 Å². The van der Waals surface area contributed by atoms with E-state index in [0.717, 1.165) is 21.8 Å². The number of likely N-dealkylation sites (N-methyl/N-ethyl adjacent to an activating group) is 1. The Balaban J connectivity index is 2.06. The maximum Gasteiger partial charge on any atom is 0.279 e. The molecule has 1 atom stereocenters. The predicted octanol–water partition coefficient (Wildman–Crippen LogP) is 0.874. The van der Waals surface area contributed by atoms with Crippen molar-refractivity contribution in [2.24, 2.45) is 0 Å². The minimum atomic E-state index is -3.58. The van der Waals surface area contributed by atoms with Crippen LogP contribution in [-0.2, 0) is 21.4 Å². The zero-order valence-corrected chi connectivity index (χ0v) is 17.7. The van der Waals surface area contributed by atoms with Crippen molar-refractivity contribution in [2.75, 3.05) is 33.1 Å². The molecule has 1 amide bonds. The number of rotatable bonds is 8. The van der Waals surface area contributed by atoms with Crippen LogP contribution in [0.15, 0.2) is 41.3 Å². The van der Waals surface area contributed by atoms with Crippen LogP contribution in [0.5, 0.6) is 5.75 Å². The fraction of sp³-hybridized carbons (Fsp3) is 0.350. The van der Waals surface area contributed by atoms with Crippen LogP contribution >= 0.6 is 0 Å². The molecule has 0 bridgehead atoms. The fourth-order valence-electron chi connectivity index (χ4n) is 2.99. The molecule has 0 saturated carbocycles. The van der Waals surface area contributed by atoms with Gasteiger partial charge in [0.25, 0.3) is 5.91 Å². The van der Waals surface area contributed by atoms with E-state index in [2.05, 4.69) is 16.1 Å². The molecule has 2 rings (SSSR count). The maximum atomic E-state index is 12.4. The summed E-state index contributed by atoms with van der Waals surface area (Å²) in [5, 5.41) is 2.78. The van der Waals surface area contributed by atoms with Crippen LogP contribution in [0, 0.1) is 13.8 Å². The van der Waals surface area contributed by atoms with Crippen LogP contribution in [0.3, 0.4) is 0 Å². The summed E-state index contributed by atoms with van der Waals surface area (Å²) in [6.45, 7) is 4.59. The number of hydrogen-bond donors (Lipinski definition) is 3. The lowest BCUT2D eigenvalue weighted by Crippen LogP contribution is -3.08. The van der Waals surface area contributed by atoms with Crippen LogP contribution in [0.25, 0.3) is 0 Å². The van der Waals surface area contributed by atoms with Crippen LogP contribution < -0.4 is 19.7 Å². The van der Waals surface area contributed by atoms with Gasteiger partial charge in [0.15, 0.2) is 6.54 Å². The number of aryl methyl sites for hydroxylation is 2. The molecule has 3 N–H and O–H groups in total. The highest BCUT2D eigenvalue weighted by Gasteiger charge is 2.17. The Morgan fingerprint density at radius 2 is 1.86 bits per heavy atom. The molecular weight excluding hydrogens is 378 g/mol. The molecule has 0 aliphatic rings. The summed E-state index contributed by atoms with van der Waals surface area (Å²) < 4.78 is 31.9. The normalized spacial score (nSPS) is 12.5. The summed E-state index contributed by atoms with van der Waals surface area (Å²) >= 11 is 0. The van der Waals surface area contributed by atoms with E-state index in [0.29, 0.717) is 17.8 Å². The SMILES string of the molecule is CNS(=O)(=O)c1cc(NC(=O)C[NH+](C)Cc2cc(C)ccc2OC)ccc1C. The van der Waals surface area contributed by atoms with E-state index in [1.807, 2.05) is 26.1 Å². The molecule has 2 aromatic carbocycles. The van der Waals surface area contributed by atoms with E-state index in [-0.39, 0.29) is 17.3 Å². The monoisotopic (exact) mass is 406 g/mol. The topological polar surface area (TPSA) is 88.9 Å². The largest absolute Gasteiger partial charge is 0.496 e.